The molecule has 0 fully saturated rings. The highest BCUT2D eigenvalue weighted by atomic mass is 32.1. The molecule has 1 aromatic heterocycles. The highest BCUT2D eigenvalue weighted by Crippen LogP contribution is 2.25. The van der Waals surface area contributed by atoms with Gasteiger partial charge in [-0.25, -0.2) is 0 Å². The molecule has 1 heterocycles. The molecule has 3 rings (SSSR count). The lowest BCUT2D eigenvalue weighted by atomic mass is 9.98. The number of allylic oxidation sites excluding steroid dienone is 4. The molecule has 0 spiro atoms. The molecule has 0 aliphatic heterocycles. The number of ketones is 1. The van der Waals surface area contributed by atoms with Crippen LogP contribution in [0.15, 0.2) is 90.0 Å². The largest absolute Gasteiger partial charge is 0.398 e. The molecular formula is C26H27N5OS. The van der Waals surface area contributed by atoms with Crippen molar-refractivity contribution in [3.63, 3.8) is 0 Å². The number of Topliss-reactive ketones (excluding diaryl/α,β-unsaturated/α-hetero) is 1. The number of aliphatic imine (C=N–C) groups is 1. The van der Waals surface area contributed by atoms with Gasteiger partial charge in [-0.05, 0) is 40.8 Å². The predicted molar refractivity (Wildman–Crippen MR) is 141 cm³/mol. The van der Waals surface area contributed by atoms with E-state index in [-0.39, 0.29) is 18.0 Å². The van der Waals surface area contributed by atoms with Crippen LogP contribution in [-0.4, -0.2) is 30.9 Å². The van der Waals surface area contributed by atoms with Crippen LogP contribution >= 0.6 is 11.3 Å². The minimum absolute atomic E-state index is 0.0722. The van der Waals surface area contributed by atoms with Crippen molar-refractivity contribution in [2.75, 3.05) is 18.8 Å². The number of thiophene rings is 1. The molecule has 7 heteroatoms. The number of hydrogen-bond acceptors (Lipinski definition) is 6. The Balaban J connectivity index is 1.56. The van der Waals surface area contributed by atoms with Gasteiger partial charge >= 0.3 is 0 Å². The zero-order valence-electron chi connectivity index (χ0n) is 18.3. The normalized spacial score (nSPS) is 12.1. The average molecular weight is 458 g/mol. The summed E-state index contributed by atoms with van der Waals surface area (Å²) < 4.78 is 1.11. The standard InChI is InChI=1S/C26H27N5OS/c1-2-19(26(29)21-13-18(15-31-17-27)10-11-22(21)28)7-5-6-12-30-16-23(32)25-14-20-8-3-4-9-24(20)33-25/h2-11,13-14,17,29-30H,1,12,15-16,28H2,(H2,27,31)/b6-5-,19-7+,29-26?. The highest BCUT2D eigenvalue weighted by Gasteiger charge is 2.10. The summed E-state index contributed by atoms with van der Waals surface area (Å²) in [5, 5.41) is 12.8. The van der Waals surface area contributed by atoms with Crippen molar-refractivity contribution < 1.29 is 4.79 Å². The van der Waals surface area contributed by atoms with E-state index in [1.54, 1.807) is 18.2 Å². The first kappa shape index (κ1) is 23.8. The maximum absolute atomic E-state index is 12.4. The molecule has 0 saturated heterocycles. The van der Waals surface area contributed by atoms with Crippen LogP contribution in [0.25, 0.3) is 10.1 Å². The Morgan fingerprint density at radius 2 is 2.03 bits per heavy atom. The zero-order valence-corrected chi connectivity index (χ0v) is 19.1. The molecule has 168 valence electrons. The zero-order chi connectivity index (χ0) is 23.6. The Kier molecular flexibility index (Phi) is 8.46. The maximum Gasteiger partial charge on any atom is 0.186 e. The summed E-state index contributed by atoms with van der Waals surface area (Å²) in [7, 11) is 0. The van der Waals surface area contributed by atoms with Crippen LogP contribution < -0.4 is 16.8 Å². The molecule has 0 aliphatic rings. The Hall–Kier alpha value is -3.81. The fraction of sp³-hybridized carbons (Fsp3) is 0.115. The second-order valence-electron chi connectivity index (χ2n) is 7.24. The number of carbonyl (C=O) groups is 1. The lowest BCUT2D eigenvalue weighted by Crippen LogP contribution is -2.22. The Morgan fingerprint density at radius 3 is 2.79 bits per heavy atom. The van der Waals surface area contributed by atoms with Gasteiger partial charge in [0.1, 0.15) is 0 Å². The third-order valence-corrected chi connectivity index (χ3v) is 6.09. The van der Waals surface area contributed by atoms with Gasteiger partial charge in [0, 0.05) is 22.5 Å². The number of nitrogens with two attached hydrogens (primary N) is 2. The first-order valence-electron chi connectivity index (χ1n) is 10.4. The maximum atomic E-state index is 12.4. The quantitative estimate of drug-likeness (QED) is 0.0848. The topological polar surface area (TPSA) is 117 Å². The van der Waals surface area contributed by atoms with Crippen molar-refractivity contribution in [1.82, 2.24) is 5.32 Å². The van der Waals surface area contributed by atoms with E-state index in [9.17, 15) is 4.79 Å². The molecule has 0 amide bonds. The molecule has 0 atom stereocenters. The summed E-state index contributed by atoms with van der Waals surface area (Å²) in [6, 6.07) is 15.4. The molecule has 0 bridgehead atoms. The van der Waals surface area contributed by atoms with Gasteiger partial charge in [-0.3, -0.25) is 15.2 Å². The number of nitrogens with one attached hydrogen (secondary N) is 2. The van der Waals surface area contributed by atoms with E-state index >= 15 is 0 Å². The molecule has 0 unspecified atom stereocenters. The molecule has 6 nitrogen and oxygen atoms in total. The van der Waals surface area contributed by atoms with E-state index in [1.165, 1.54) is 17.7 Å². The van der Waals surface area contributed by atoms with Gasteiger partial charge in [0.2, 0.25) is 0 Å². The van der Waals surface area contributed by atoms with Gasteiger partial charge < -0.3 is 16.8 Å². The molecule has 3 aromatic rings. The van der Waals surface area contributed by atoms with Crippen LogP contribution in [0, 0.1) is 5.41 Å². The number of nitrogens with zero attached hydrogens (tertiary/aromatic N) is 1. The Morgan fingerprint density at radius 1 is 1.21 bits per heavy atom. The van der Waals surface area contributed by atoms with Crippen LogP contribution in [0.4, 0.5) is 5.69 Å². The summed E-state index contributed by atoms with van der Waals surface area (Å²) in [6.45, 7) is 5.03. The Labute approximate surface area is 197 Å². The van der Waals surface area contributed by atoms with Gasteiger partial charge in [-0.2, -0.15) is 0 Å². The van der Waals surface area contributed by atoms with E-state index < -0.39 is 0 Å². The first-order valence-corrected chi connectivity index (χ1v) is 11.2. The van der Waals surface area contributed by atoms with Gasteiger partial charge in [0.25, 0.3) is 0 Å². The minimum Gasteiger partial charge on any atom is -0.398 e. The van der Waals surface area contributed by atoms with Crippen LogP contribution in [-0.2, 0) is 6.54 Å². The van der Waals surface area contributed by atoms with Crippen molar-refractivity contribution in [1.29, 1.82) is 5.41 Å². The van der Waals surface area contributed by atoms with Crippen LogP contribution in [0.5, 0.6) is 0 Å². The third kappa shape index (κ3) is 6.35. The van der Waals surface area contributed by atoms with Crippen molar-refractivity contribution >= 4 is 44.9 Å². The number of rotatable bonds is 11. The van der Waals surface area contributed by atoms with Crippen LogP contribution in [0.1, 0.15) is 20.8 Å². The van der Waals surface area contributed by atoms with Gasteiger partial charge in [-0.15, -0.1) is 11.3 Å². The number of benzene rings is 2. The van der Waals surface area contributed by atoms with E-state index in [0.29, 0.717) is 29.9 Å². The number of anilines is 1. The summed E-state index contributed by atoms with van der Waals surface area (Å²) in [6.07, 6.45) is 8.40. The molecule has 6 N–H and O–H groups in total. The monoisotopic (exact) mass is 457 g/mol. The van der Waals surface area contributed by atoms with Gasteiger partial charge in [0.15, 0.2) is 5.78 Å². The smallest absolute Gasteiger partial charge is 0.186 e. The second-order valence-corrected chi connectivity index (χ2v) is 8.33. The summed E-state index contributed by atoms with van der Waals surface area (Å²) >= 11 is 1.51. The number of fused-ring (bicyclic) bond motifs is 1. The van der Waals surface area contributed by atoms with E-state index in [4.69, 9.17) is 16.9 Å². The summed E-state index contributed by atoms with van der Waals surface area (Å²) in [5.41, 5.74) is 14.4. The van der Waals surface area contributed by atoms with Crippen LogP contribution in [0.2, 0.25) is 0 Å². The van der Waals surface area contributed by atoms with E-state index in [1.807, 2.05) is 54.6 Å². The van der Waals surface area contributed by atoms with Crippen LogP contribution in [0.3, 0.4) is 0 Å². The van der Waals surface area contributed by atoms with E-state index in [2.05, 4.69) is 16.9 Å². The molecular weight excluding hydrogens is 430 g/mol. The molecule has 2 aromatic carbocycles. The summed E-state index contributed by atoms with van der Waals surface area (Å²) in [4.78, 5) is 17.2. The lowest BCUT2D eigenvalue weighted by molar-refractivity contribution is 0.0996. The molecule has 0 aliphatic carbocycles. The predicted octanol–water partition coefficient (Wildman–Crippen LogP) is 4.48. The molecule has 0 radical (unpaired) electrons. The Bertz CT molecular complexity index is 1220. The molecule has 0 saturated carbocycles. The second kappa shape index (κ2) is 11.7. The van der Waals surface area contributed by atoms with Gasteiger partial charge in [0.05, 0.1) is 30.0 Å². The fourth-order valence-corrected chi connectivity index (χ4v) is 4.20. The molecule has 33 heavy (non-hydrogen) atoms. The number of nitrogen functional groups attached to an aromatic ring is 1. The number of hydrogen-bond donors (Lipinski definition) is 4. The van der Waals surface area contributed by atoms with Crippen molar-refractivity contribution in [2.45, 2.75) is 6.54 Å². The average Bonchev–Trinajstić information content (AvgIpc) is 3.27. The summed E-state index contributed by atoms with van der Waals surface area (Å²) in [5.74, 6) is 0.0722. The first-order chi connectivity index (χ1) is 16.0. The lowest BCUT2D eigenvalue weighted by Gasteiger charge is -2.10. The van der Waals surface area contributed by atoms with Gasteiger partial charge in [-0.1, -0.05) is 55.1 Å². The number of carbonyl (C=O) groups excluding carboxylic acids is 1. The SMILES string of the molecule is C=C/C(=C\C=C/CNCC(=O)c1cc2ccccc2s1)C(=N)c1cc(CN=CN)ccc1N. The van der Waals surface area contributed by atoms with E-state index in [0.717, 1.165) is 20.5 Å². The fourth-order valence-electron chi connectivity index (χ4n) is 3.20. The minimum atomic E-state index is 0.0722. The van der Waals surface area contributed by atoms with Crippen molar-refractivity contribution in [3.8, 4) is 0 Å². The highest BCUT2D eigenvalue weighted by molar-refractivity contribution is 7.20. The van der Waals surface area contributed by atoms with Crippen molar-refractivity contribution in [3.05, 3.63) is 101 Å². The third-order valence-electron chi connectivity index (χ3n) is 4.93. The van der Waals surface area contributed by atoms with Crippen molar-refractivity contribution in [2.24, 2.45) is 10.7 Å².